The monoisotopic (exact) mass is 296 g/mol. The first kappa shape index (κ1) is 16.1. The largest absolute Gasteiger partial charge is 0.444 e. The first-order valence-corrected chi connectivity index (χ1v) is 7.42. The van der Waals surface area contributed by atoms with Crippen molar-refractivity contribution in [2.24, 2.45) is 0 Å². The van der Waals surface area contributed by atoms with Crippen LogP contribution in [-0.2, 0) is 9.47 Å². The van der Waals surface area contributed by atoms with Gasteiger partial charge in [-0.25, -0.2) is 4.79 Å². The van der Waals surface area contributed by atoms with Gasteiger partial charge in [-0.3, -0.25) is 4.90 Å². The molecule has 1 N–H and O–H groups in total. The number of rotatable bonds is 2. The fourth-order valence-electron chi connectivity index (χ4n) is 3.18. The molecule has 0 radical (unpaired) electrons. The van der Waals surface area contributed by atoms with Gasteiger partial charge in [-0.15, -0.1) is 0 Å². The summed E-state index contributed by atoms with van der Waals surface area (Å²) in [7, 11) is 0. The highest BCUT2D eigenvalue weighted by Gasteiger charge is 2.48. The summed E-state index contributed by atoms with van der Waals surface area (Å²) in [5, 5.41) is 19.4. The molecule has 2 bridgehead atoms. The predicted molar refractivity (Wildman–Crippen MR) is 75.5 cm³/mol. The van der Waals surface area contributed by atoms with Crippen LogP contribution in [-0.4, -0.2) is 52.6 Å². The van der Waals surface area contributed by atoms with Crippen LogP contribution in [0, 0.1) is 11.3 Å². The first-order chi connectivity index (χ1) is 9.74. The van der Waals surface area contributed by atoms with Crippen LogP contribution >= 0.6 is 0 Å². The zero-order chi connectivity index (χ0) is 15.7. The Hall–Kier alpha value is -1.32. The standard InChI is InChI=1S/C15H24N2O4/c1-14(2,3)21-13(18)17-11-7-15(19,5-4-6-16)8-12(17)10-20-9-11/h11-12,19H,4-5,7-10H2,1-3H3. The van der Waals surface area contributed by atoms with Gasteiger partial charge in [-0.05, 0) is 40.0 Å². The minimum absolute atomic E-state index is 0.184. The van der Waals surface area contributed by atoms with Gasteiger partial charge in [0.05, 0.1) is 37.0 Å². The SMILES string of the molecule is CC(C)(C)OC(=O)N1C2COCC1CC(O)(CCC#N)C2. The van der Waals surface area contributed by atoms with Crippen molar-refractivity contribution in [3.05, 3.63) is 0 Å². The summed E-state index contributed by atoms with van der Waals surface area (Å²) in [6.45, 7) is 6.33. The molecule has 118 valence electrons. The van der Waals surface area contributed by atoms with E-state index in [-0.39, 0.29) is 18.2 Å². The highest BCUT2D eigenvalue weighted by molar-refractivity contribution is 5.69. The van der Waals surface area contributed by atoms with E-state index in [1.165, 1.54) is 0 Å². The Morgan fingerprint density at radius 2 is 2.00 bits per heavy atom. The molecule has 2 aliphatic rings. The minimum atomic E-state index is -0.882. The second kappa shape index (κ2) is 5.82. The maximum Gasteiger partial charge on any atom is 0.410 e. The molecule has 2 unspecified atom stereocenters. The normalized spacial score (nSPS) is 32.4. The van der Waals surface area contributed by atoms with Gasteiger partial charge in [0.15, 0.2) is 0 Å². The maximum atomic E-state index is 12.4. The summed E-state index contributed by atoms with van der Waals surface area (Å²) < 4.78 is 11.0. The molecule has 0 aromatic carbocycles. The number of amides is 1. The average Bonchev–Trinajstić information content (AvgIpc) is 2.33. The Labute approximate surface area is 125 Å². The molecule has 0 aliphatic carbocycles. The molecular formula is C15H24N2O4. The van der Waals surface area contributed by atoms with E-state index in [4.69, 9.17) is 14.7 Å². The Kier molecular flexibility index (Phi) is 4.45. The lowest BCUT2D eigenvalue weighted by atomic mass is 9.79. The highest BCUT2D eigenvalue weighted by atomic mass is 16.6. The quantitative estimate of drug-likeness (QED) is 0.840. The van der Waals surface area contributed by atoms with Gasteiger partial charge >= 0.3 is 6.09 Å². The van der Waals surface area contributed by atoms with Crippen LogP contribution in [0.2, 0.25) is 0 Å². The molecule has 6 nitrogen and oxygen atoms in total. The van der Waals surface area contributed by atoms with Gasteiger partial charge in [0, 0.05) is 6.42 Å². The number of nitriles is 1. The Balaban J connectivity index is 2.09. The van der Waals surface area contributed by atoms with Gasteiger partial charge < -0.3 is 14.6 Å². The van der Waals surface area contributed by atoms with Crippen molar-refractivity contribution in [2.75, 3.05) is 13.2 Å². The number of hydrogen-bond acceptors (Lipinski definition) is 5. The zero-order valence-electron chi connectivity index (χ0n) is 13.0. The van der Waals surface area contributed by atoms with Crippen LogP contribution < -0.4 is 0 Å². The van der Waals surface area contributed by atoms with Gasteiger partial charge in [-0.1, -0.05) is 0 Å². The maximum absolute atomic E-state index is 12.4. The minimum Gasteiger partial charge on any atom is -0.444 e. The van der Waals surface area contributed by atoms with Crippen molar-refractivity contribution < 1.29 is 19.4 Å². The highest BCUT2D eigenvalue weighted by Crippen LogP contribution is 2.37. The Bertz CT molecular complexity index is 424. The molecule has 1 amide bonds. The third-order valence-electron chi connectivity index (χ3n) is 3.94. The zero-order valence-corrected chi connectivity index (χ0v) is 13.0. The van der Waals surface area contributed by atoms with Crippen LogP contribution in [0.15, 0.2) is 0 Å². The van der Waals surface area contributed by atoms with E-state index in [2.05, 4.69) is 6.07 Å². The number of carbonyl (C=O) groups excluding carboxylic acids is 1. The second-order valence-electron chi connectivity index (χ2n) is 7.02. The van der Waals surface area contributed by atoms with Crippen LogP contribution in [0.3, 0.4) is 0 Å². The van der Waals surface area contributed by atoms with Gasteiger partial charge in [-0.2, -0.15) is 5.26 Å². The number of carbonyl (C=O) groups is 1. The van der Waals surface area contributed by atoms with Crippen molar-refractivity contribution in [1.82, 2.24) is 4.90 Å². The second-order valence-corrected chi connectivity index (χ2v) is 7.02. The van der Waals surface area contributed by atoms with Crippen LogP contribution in [0.25, 0.3) is 0 Å². The molecular weight excluding hydrogens is 272 g/mol. The first-order valence-electron chi connectivity index (χ1n) is 7.42. The van der Waals surface area contributed by atoms with E-state index in [9.17, 15) is 9.90 Å². The fraction of sp³-hybridized carbons (Fsp3) is 0.867. The van der Waals surface area contributed by atoms with E-state index in [0.29, 0.717) is 38.9 Å². The van der Waals surface area contributed by atoms with Crippen molar-refractivity contribution in [3.8, 4) is 6.07 Å². The molecule has 2 heterocycles. The number of nitrogens with zero attached hydrogens (tertiary/aromatic N) is 2. The van der Waals surface area contributed by atoms with Crippen LogP contribution in [0.4, 0.5) is 4.79 Å². The summed E-state index contributed by atoms with van der Waals surface area (Å²) >= 11 is 0. The third kappa shape index (κ3) is 3.86. The molecule has 0 aromatic heterocycles. The molecule has 6 heteroatoms. The predicted octanol–water partition coefficient (Wildman–Crippen LogP) is 1.82. The van der Waals surface area contributed by atoms with Crippen molar-refractivity contribution in [3.63, 3.8) is 0 Å². The lowest BCUT2D eigenvalue weighted by molar-refractivity contribution is -0.139. The number of morpholine rings is 1. The third-order valence-corrected chi connectivity index (χ3v) is 3.94. The number of hydrogen-bond donors (Lipinski definition) is 1. The molecule has 0 aromatic rings. The molecule has 0 spiro atoms. The topological polar surface area (TPSA) is 82.8 Å². The van der Waals surface area contributed by atoms with Gasteiger partial charge in [0.2, 0.25) is 0 Å². The van der Waals surface area contributed by atoms with E-state index in [0.717, 1.165) is 0 Å². The van der Waals surface area contributed by atoms with Gasteiger partial charge in [0.1, 0.15) is 5.60 Å². The van der Waals surface area contributed by atoms with Crippen LogP contribution in [0.1, 0.15) is 46.5 Å². The molecule has 2 fully saturated rings. The number of piperidine rings is 1. The van der Waals surface area contributed by atoms with E-state index in [1.54, 1.807) is 4.90 Å². The van der Waals surface area contributed by atoms with E-state index < -0.39 is 11.2 Å². The molecule has 0 saturated carbocycles. The lowest BCUT2D eigenvalue weighted by Crippen LogP contribution is -2.64. The smallest absolute Gasteiger partial charge is 0.410 e. The molecule has 2 aliphatic heterocycles. The lowest BCUT2D eigenvalue weighted by Gasteiger charge is -2.51. The summed E-state index contributed by atoms with van der Waals surface area (Å²) in [6.07, 6.45) is 1.29. The Morgan fingerprint density at radius 3 is 2.48 bits per heavy atom. The average molecular weight is 296 g/mol. The number of fused-ring (bicyclic) bond motifs is 2. The summed E-state index contributed by atoms with van der Waals surface area (Å²) in [5.74, 6) is 0. The van der Waals surface area contributed by atoms with E-state index in [1.807, 2.05) is 20.8 Å². The van der Waals surface area contributed by atoms with Gasteiger partial charge in [0.25, 0.3) is 0 Å². The molecule has 2 atom stereocenters. The summed E-state index contributed by atoms with van der Waals surface area (Å²) in [5.41, 5.74) is -1.42. The van der Waals surface area contributed by atoms with Crippen molar-refractivity contribution in [2.45, 2.75) is 69.7 Å². The number of ether oxygens (including phenoxy) is 2. The number of aliphatic hydroxyl groups is 1. The van der Waals surface area contributed by atoms with Crippen molar-refractivity contribution in [1.29, 1.82) is 5.26 Å². The fourth-order valence-corrected chi connectivity index (χ4v) is 3.18. The van der Waals surface area contributed by atoms with E-state index >= 15 is 0 Å². The molecule has 2 rings (SSSR count). The summed E-state index contributed by atoms with van der Waals surface area (Å²) in [4.78, 5) is 14.1. The van der Waals surface area contributed by atoms with Crippen molar-refractivity contribution >= 4 is 6.09 Å². The molecule has 21 heavy (non-hydrogen) atoms. The Morgan fingerprint density at radius 1 is 1.43 bits per heavy atom. The summed E-state index contributed by atoms with van der Waals surface area (Å²) in [6, 6.07) is 1.71. The van der Waals surface area contributed by atoms with Crippen LogP contribution in [0.5, 0.6) is 0 Å². The molecule has 2 saturated heterocycles.